The summed E-state index contributed by atoms with van der Waals surface area (Å²) in [6.45, 7) is 4.20. The number of hydrogen-bond donors (Lipinski definition) is 2. The molecule has 0 bridgehead atoms. The molecule has 29 heavy (non-hydrogen) atoms. The van der Waals surface area contributed by atoms with Gasteiger partial charge in [-0.25, -0.2) is 4.98 Å². The van der Waals surface area contributed by atoms with Gasteiger partial charge in [0.15, 0.2) is 11.5 Å². The summed E-state index contributed by atoms with van der Waals surface area (Å²) < 4.78 is 0. The molecule has 8 heteroatoms. The fraction of sp³-hybridized carbons (Fsp3) is 0.238. The van der Waals surface area contributed by atoms with Crippen LogP contribution in [-0.4, -0.2) is 48.1 Å². The lowest BCUT2D eigenvalue weighted by Gasteiger charge is -2.34. The summed E-state index contributed by atoms with van der Waals surface area (Å²) in [5.41, 5.74) is 3.06. The van der Waals surface area contributed by atoms with E-state index in [4.69, 9.17) is 0 Å². The average Bonchev–Trinajstić information content (AvgIpc) is 2.76. The highest BCUT2D eigenvalue weighted by atomic mass is 16.3. The van der Waals surface area contributed by atoms with Gasteiger partial charge in [-0.05, 0) is 48.6 Å². The Kier molecular flexibility index (Phi) is 5.62. The van der Waals surface area contributed by atoms with Gasteiger partial charge in [0.05, 0.1) is 6.20 Å². The number of nitrogens with one attached hydrogen (secondary N) is 2. The van der Waals surface area contributed by atoms with Crippen LogP contribution in [0.15, 0.2) is 66.0 Å². The molecule has 0 amide bonds. The Morgan fingerprint density at radius 1 is 0.897 bits per heavy atom. The maximum absolute atomic E-state index is 11.1. The summed E-state index contributed by atoms with van der Waals surface area (Å²) in [5, 5.41) is 9.30. The zero-order valence-corrected chi connectivity index (χ0v) is 16.2. The second-order valence-electron chi connectivity index (χ2n) is 6.97. The summed E-state index contributed by atoms with van der Waals surface area (Å²) in [5.74, 6) is 0.751. The number of rotatable bonds is 6. The fourth-order valence-corrected chi connectivity index (χ4v) is 3.20. The predicted molar refractivity (Wildman–Crippen MR) is 117 cm³/mol. The SMILES string of the molecule is CN1CCN(c2ccc(Nc3ncc(N=O)c(Nc4ccccc4)n3)cc2)CC1. The Bertz CT molecular complexity index is 955. The fourth-order valence-electron chi connectivity index (χ4n) is 3.20. The molecule has 1 aromatic heterocycles. The lowest BCUT2D eigenvalue weighted by atomic mass is 10.2. The largest absolute Gasteiger partial charge is 0.369 e. The average molecular weight is 389 g/mol. The summed E-state index contributed by atoms with van der Waals surface area (Å²) in [7, 11) is 2.15. The number of aromatic nitrogens is 2. The lowest BCUT2D eigenvalue weighted by molar-refractivity contribution is 0.313. The molecule has 1 aliphatic rings. The van der Waals surface area contributed by atoms with Crippen molar-refractivity contribution in [1.82, 2.24) is 14.9 Å². The van der Waals surface area contributed by atoms with Crippen LogP contribution in [0.3, 0.4) is 0 Å². The molecule has 0 radical (unpaired) electrons. The Morgan fingerprint density at radius 2 is 1.59 bits per heavy atom. The molecule has 0 saturated carbocycles. The minimum absolute atomic E-state index is 0.157. The first-order valence-corrected chi connectivity index (χ1v) is 9.54. The minimum Gasteiger partial charge on any atom is -0.369 e. The molecular weight excluding hydrogens is 366 g/mol. The third kappa shape index (κ3) is 4.67. The van der Waals surface area contributed by atoms with E-state index >= 15 is 0 Å². The van der Waals surface area contributed by atoms with Crippen LogP contribution in [0, 0.1) is 4.91 Å². The van der Waals surface area contributed by atoms with E-state index in [0.29, 0.717) is 11.8 Å². The second-order valence-corrected chi connectivity index (χ2v) is 6.97. The summed E-state index contributed by atoms with van der Waals surface area (Å²) in [6.07, 6.45) is 1.41. The third-order valence-corrected chi connectivity index (χ3v) is 4.90. The minimum atomic E-state index is 0.157. The van der Waals surface area contributed by atoms with Crippen molar-refractivity contribution in [2.45, 2.75) is 0 Å². The Morgan fingerprint density at radius 3 is 2.28 bits per heavy atom. The number of anilines is 5. The number of likely N-dealkylation sites (N-methyl/N-ethyl adjacent to an activating group) is 1. The first kappa shape index (κ1) is 18.8. The number of benzene rings is 2. The Hall–Kier alpha value is -3.52. The molecule has 1 aliphatic heterocycles. The topological polar surface area (TPSA) is 85.8 Å². The molecule has 4 rings (SSSR count). The zero-order valence-electron chi connectivity index (χ0n) is 16.2. The van der Waals surface area contributed by atoms with Gasteiger partial charge in [-0.15, -0.1) is 4.91 Å². The van der Waals surface area contributed by atoms with Crippen LogP contribution in [0.5, 0.6) is 0 Å². The number of piperazine rings is 1. The van der Waals surface area contributed by atoms with Crippen molar-refractivity contribution < 1.29 is 0 Å². The van der Waals surface area contributed by atoms with Crippen molar-refractivity contribution in [1.29, 1.82) is 0 Å². The van der Waals surface area contributed by atoms with Crippen molar-refractivity contribution in [3.05, 3.63) is 65.7 Å². The monoisotopic (exact) mass is 389 g/mol. The van der Waals surface area contributed by atoms with Crippen molar-refractivity contribution in [3.63, 3.8) is 0 Å². The molecule has 3 aromatic rings. The smallest absolute Gasteiger partial charge is 0.229 e. The van der Waals surface area contributed by atoms with Crippen molar-refractivity contribution in [2.24, 2.45) is 5.18 Å². The summed E-state index contributed by atoms with van der Waals surface area (Å²) in [6, 6.07) is 17.7. The second kappa shape index (κ2) is 8.66. The van der Waals surface area contributed by atoms with E-state index in [1.807, 2.05) is 42.5 Å². The number of nitroso groups, excluding NO2 is 1. The normalized spacial score (nSPS) is 14.4. The number of nitrogens with zero attached hydrogens (tertiary/aromatic N) is 5. The molecule has 1 fully saturated rings. The van der Waals surface area contributed by atoms with E-state index in [1.165, 1.54) is 11.9 Å². The van der Waals surface area contributed by atoms with E-state index in [-0.39, 0.29) is 5.69 Å². The lowest BCUT2D eigenvalue weighted by Crippen LogP contribution is -2.44. The van der Waals surface area contributed by atoms with Gasteiger partial charge in [-0.2, -0.15) is 4.98 Å². The first-order valence-electron chi connectivity index (χ1n) is 9.54. The molecule has 0 aliphatic carbocycles. The zero-order chi connectivity index (χ0) is 20.1. The van der Waals surface area contributed by atoms with Crippen LogP contribution < -0.4 is 15.5 Å². The van der Waals surface area contributed by atoms with Crippen LogP contribution in [0.1, 0.15) is 0 Å². The highest BCUT2D eigenvalue weighted by Gasteiger charge is 2.14. The van der Waals surface area contributed by atoms with Gasteiger partial charge in [0.2, 0.25) is 5.95 Å². The van der Waals surface area contributed by atoms with Crippen molar-refractivity contribution >= 4 is 34.5 Å². The van der Waals surface area contributed by atoms with Crippen molar-refractivity contribution in [3.8, 4) is 0 Å². The van der Waals surface area contributed by atoms with Crippen LogP contribution in [-0.2, 0) is 0 Å². The van der Waals surface area contributed by atoms with Gasteiger partial charge in [-0.3, -0.25) is 0 Å². The van der Waals surface area contributed by atoms with Gasteiger partial charge in [0, 0.05) is 43.2 Å². The molecule has 148 valence electrons. The van der Waals surface area contributed by atoms with Gasteiger partial charge in [0.1, 0.15) is 0 Å². The molecular formula is C21H23N7O. The highest BCUT2D eigenvalue weighted by Crippen LogP contribution is 2.27. The molecule has 1 saturated heterocycles. The molecule has 0 atom stereocenters. The quantitative estimate of drug-likeness (QED) is 0.614. The molecule has 2 heterocycles. The van der Waals surface area contributed by atoms with Gasteiger partial charge >= 0.3 is 0 Å². The van der Waals surface area contributed by atoms with Crippen LogP contribution >= 0.6 is 0 Å². The number of para-hydroxylation sites is 1. The molecule has 8 nitrogen and oxygen atoms in total. The number of hydrogen-bond acceptors (Lipinski definition) is 8. The molecule has 2 aromatic carbocycles. The van der Waals surface area contributed by atoms with Crippen LogP contribution in [0.4, 0.5) is 34.5 Å². The van der Waals surface area contributed by atoms with E-state index in [1.54, 1.807) is 0 Å². The molecule has 0 spiro atoms. The first-order chi connectivity index (χ1) is 14.2. The predicted octanol–water partition coefficient (Wildman–Crippen LogP) is 4.11. The third-order valence-electron chi connectivity index (χ3n) is 4.90. The van der Waals surface area contributed by atoms with Crippen LogP contribution in [0.25, 0.3) is 0 Å². The van der Waals surface area contributed by atoms with E-state index in [2.05, 4.69) is 54.8 Å². The maximum Gasteiger partial charge on any atom is 0.229 e. The molecule has 0 unspecified atom stereocenters. The Labute approximate surface area is 169 Å². The maximum atomic E-state index is 11.1. The molecule has 2 N–H and O–H groups in total. The summed E-state index contributed by atoms with van der Waals surface area (Å²) in [4.78, 5) is 24.4. The highest BCUT2D eigenvalue weighted by molar-refractivity contribution is 5.69. The van der Waals surface area contributed by atoms with E-state index < -0.39 is 0 Å². The van der Waals surface area contributed by atoms with Gasteiger partial charge in [-0.1, -0.05) is 18.2 Å². The van der Waals surface area contributed by atoms with E-state index in [0.717, 1.165) is 37.6 Å². The standard InChI is InChI=1S/C21H23N7O/c1-27-11-13-28(14-12-27)18-9-7-17(8-10-18)24-21-22-15-19(26-29)20(25-21)23-16-5-3-2-4-6-16/h2-10,15H,11-14H2,1H3,(H2,22,23,24,25). The summed E-state index contributed by atoms with van der Waals surface area (Å²) >= 11 is 0. The Balaban J connectivity index is 1.47. The van der Waals surface area contributed by atoms with Crippen molar-refractivity contribution in [2.75, 3.05) is 48.8 Å². The van der Waals surface area contributed by atoms with E-state index in [9.17, 15) is 4.91 Å². The van der Waals surface area contributed by atoms with Crippen LogP contribution in [0.2, 0.25) is 0 Å². The van der Waals surface area contributed by atoms with Gasteiger partial charge < -0.3 is 20.4 Å². The van der Waals surface area contributed by atoms with Gasteiger partial charge in [0.25, 0.3) is 0 Å².